The van der Waals surface area contributed by atoms with Crippen molar-refractivity contribution < 1.29 is 0 Å². The molecule has 0 saturated heterocycles. The number of anilines is 2. The van der Waals surface area contributed by atoms with Gasteiger partial charge < -0.3 is 10.7 Å². The fourth-order valence-corrected chi connectivity index (χ4v) is 2.56. The van der Waals surface area contributed by atoms with Crippen LogP contribution in [0.2, 0.25) is 0 Å². The van der Waals surface area contributed by atoms with Gasteiger partial charge in [-0.05, 0) is 35.7 Å². The number of nitrogens with two attached hydrogens (primary N) is 1. The van der Waals surface area contributed by atoms with Crippen molar-refractivity contribution in [2.45, 2.75) is 32.7 Å². The topological polar surface area (TPSA) is 75.9 Å². The van der Waals surface area contributed by atoms with Crippen LogP contribution < -0.4 is 16.6 Å². The second kappa shape index (κ2) is 6.49. The van der Waals surface area contributed by atoms with Crippen LogP contribution >= 0.6 is 11.3 Å². The number of aryl methyl sites for hydroxylation is 1. The minimum atomic E-state index is 0.209. The fraction of sp³-hybridized carbons (Fsp3) is 0.385. The molecule has 1 atom stereocenters. The van der Waals surface area contributed by atoms with E-state index in [4.69, 9.17) is 5.84 Å². The summed E-state index contributed by atoms with van der Waals surface area (Å²) in [6, 6.07) is 4.14. The number of rotatable bonds is 6. The number of aromatic nitrogens is 2. The van der Waals surface area contributed by atoms with Gasteiger partial charge in [0.1, 0.15) is 17.5 Å². The molecular weight excluding hydrogens is 258 g/mol. The Labute approximate surface area is 117 Å². The molecule has 2 aromatic heterocycles. The largest absolute Gasteiger partial charge is 0.363 e. The molecule has 0 fully saturated rings. The number of nitrogens with one attached hydrogen (secondary N) is 2. The molecule has 0 aromatic carbocycles. The van der Waals surface area contributed by atoms with Crippen LogP contribution in [-0.4, -0.2) is 9.97 Å². The monoisotopic (exact) mass is 277 g/mol. The molecule has 0 aliphatic rings. The Kier molecular flexibility index (Phi) is 4.70. The lowest BCUT2D eigenvalue weighted by Gasteiger charge is -2.14. The SMILES string of the molecule is CCCc1nc(NN)cc(NC(C)c2ccsc2)n1. The average Bonchev–Trinajstić information content (AvgIpc) is 2.92. The second-order valence-electron chi connectivity index (χ2n) is 4.37. The molecule has 0 aliphatic carbocycles. The standard InChI is InChI=1S/C13H19N5S/c1-3-4-11-16-12(7-13(17-11)18-14)15-9(2)10-5-6-19-8-10/h5-9H,3-4,14H2,1-2H3,(H2,15,16,17,18). The molecule has 5 nitrogen and oxygen atoms in total. The first-order chi connectivity index (χ1) is 9.22. The van der Waals surface area contributed by atoms with Crippen molar-refractivity contribution in [3.8, 4) is 0 Å². The van der Waals surface area contributed by atoms with Crippen molar-refractivity contribution in [1.29, 1.82) is 0 Å². The molecule has 0 aliphatic heterocycles. The summed E-state index contributed by atoms with van der Waals surface area (Å²) in [5.74, 6) is 7.68. The molecule has 6 heteroatoms. The highest BCUT2D eigenvalue weighted by Gasteiger charge is 2.09. The van der Waals surface area contributed by atoms with Gasteiger partial charge in [0.2, 0.25) is 0 Å². The zero-order valence-corrected chi connectivity index (χ0v) is 12.0. The van der Waals surface area contributed by atoms with Crippen LogP contribution in [0, 0.1) is 0 Å². The lowest BCUT2D eigenvalue weighted by Crippen LogP contribution is -2.13. The summed E-state index contributed by atoms with van der Waals surface area (Å²) in [6.45, 7) is 4.21. The molecular formula is C13H19N5S. The van der Waals surface area contributed by atoms with Crippen molar-refractivity contribution >= 4 is 23.0 Å². The van der Waals surface area contributed by atoms with E-state index in [1.54, 1.807) is 11.3 Å². The van der Waals surface area contributed by atoms with E-state index >= 15 is 0 Å². The minimum Gasteiger partial charge on any atom is -0.363 e. The van der Waals surface area contributed by atoms with E-state index in [0.29, 0.717) is 5.82 Å². The fourth-order valence-electron chi connectivity index (χ4n) is 1.81. The Balaban J connectivity index is 2.16. The zero-order chi connectivity index (χ0) is 13.7. The van der Waals surface area contributed by atoms with Crippen LogP contribution in [0.25, 0.3) is 0 Å². The molecule has 1 unspecified atom stereocenters. The first-order valence-electron chi connectivity index (χ1n) is 6.36. The summed E-state index contributed by atoms with van der Waals surface area (Å²) in [5.41, 5.74) is 3.84. The third-order valence-corrected chi connectivity index (χ3v) is 3.50. The van der Waals surface area contributed by atoms with E-state index < -0.39 is 0 Å². The molecule has 0 amide bonds. The molecule has 2 aromatic rings. The van der Waals surface area contributed by atoms with Gasteiger partial charge in [-0.1, -0.05) is 6.92 Å². The maximum absolute atomic E-state index is 5.44. The highest BCUT2D eigenvalue weighted by molar-refractivity contribution is 7.07. The van der Waals surface area contributed by atoms with Gasteiger partial charge in [0.15, 0.2) is 0 Å². The lowest BCUT2D eigenvalue weighted by molar-refractivity contribution is 0.820. The van der Waals surface area contributed by atoms with Gasteiger partial charge in [-0.3, -0.25) is 0 Å². The van der Waals surface area contributed by atoms with E-state index in [1.807, 2.05) is 6.07 Å². The van der Waals surface area contributed by atoms with Crippen LogP contribution in [0.15, 0.2) is 22.9 Å². The Bertz CT molecular complexity index is 512. The van der Waals surface area contributed by atoms with Gasteiger partial charge in [-0.15, -0.1) is 0 Å². The molecule has 2 heterocycles. The molecule has 2 rings (SSSR count). The molecule has 19 heavy (non-hydrogen) atoms. The third-order valence-electron chi connectivity index (χ3n) is 2.80. The van der Waals surface area contributed by atoms with Gasteiger partial charge in [0.25, 0.3) is 0 Å². The van der Waals surface area contributed by atoms with Gasteiger partial charge >= 0.3 is 0 Å². The van der Waals surface area contributed by atoms with E-state index in [1.165, 1.54) is 5.56 Å². The van der Waals surface area contributed by atoms with Crippen molar-refractivity contribution in [2.75, 3.05) is 10.7 Å². The average molecular weight is 277 g/mol. The molecule has 0 spiro atoms. The smallest absolute Gasteiger partial charge is 0.145 e. The summed E-state index contributed by atoms with van der Waals surface area (Å²) in [5, 5.41) is 7.58. The number of nitrogens with zero attached hydrogens (tertiary/aromatic N) is 2. The summed E-state index contributed by atoms with van der Waals surface area (Å²) in [6.07, 6.45) is 1.85. The van der Waals surface area contributed by atoms with Crippen molar-refractivity contribution in [1.82, 2.24) is 9.97 Å². The Hall–Kier alpha value is -1.66. The zero-order valence-electron chi connectivity index (χ0n) is 11.2. The van der Waals surface area contributed by atoms with Crippen LogP contribution in [0.5, 0.6) is 0 Å². The number of nitrogen functional groups attached to an aromatic ring is 1. The summed E-state index contributed by atoms with van der Waals surface area (Å²) in [7, 11) is 0. The quantitative estimate of drug-likeness (QED) is 0.559. The highest BCUT2D eigenvalue weighted by Crippen LogP contribution is 2.21. The van der Waals surface area contributed by atoms with Crippen LogP contribution in [-0.2, 0) is 6.42 Å². The Morgan fingerprint density at radius 2 is 2.16 bits per heavy atom. The molecule has 0 radical (unpaired) electrons. The van der Waals surface area contributed by atoms with E-state index in [0.717, 1.165) is 24.5 Å². The number of thiophene rings is 1. The van der Waals surface area contributed by atoms with Gasteiger partial charge in [0, 0.05) is 12.5 Å². The molecule has 0 bridgehead atoms. The van der Waals surface area contributed by atoms with Crippen molar-refractivity contribution in [3.05, 3.63) is 34.3 Å². The maximum Gasteiger partial charge on any atom is 0.145 e. The first kappa shape index (κ1) is 13.8. The number of hydrogen-bond donors (Lipinski definition) is 3. The van der Waals surface area contributed by atoms with Gasteiger partial charge in [0.05, 0.1) is 6.04 Å². The third kappa shape index (κ3) is 3.65. The first-order valence-corrected chi connectivity index (χ1v) is 7.30. The van der Waals surface area contributed by atoms with Crippen LogP contribution in [0.4, 0.5) is 11.6 Å². The van der Waals surface area contributed by atoms with Crippen LogP contribution in [0.1, 0.15) is 37.7 Å². The Morgan fingerprint density at radius 3 is 2.79 bits per heavy atom. The summed E-state index contributed by atoms with van der Waals surface area (Å²) >= 11 is 1.69. The number of hydrogen-bond acceptors (Lipinski definition) is 6. The summed E-state index contributed by atoms with van der Waals surface area (Å²) in [4.78, 5) is 8.83. The highest BCUT2D eigenvalue weighted by atomic mass is 32.1. The predicted molar refractivity (Wildman–Crippen MR) is 80.2 cm³/mol. The van der Waals surface area contributed by atoms with E-state index in [2.05, 4.69) is 51.4 Å². The van der Waals surface area contributed by atoms with Gasteiger partial charge in [-0.2, -0.15) is 11.3 Å². The lowest BCUT2D eigenvalue weighted by atomic mass is 10.2. The molecule has 102 valence electrons. The van der Waals surface area contributed by atoms with Crippen LogP contribution in [0.3, 0.4) is 0 Å². The second-order valence-corrected chi connectivity index (χ2v) is 5.15. The van der Waals surface area contributed by atoms with E-state index in [9.17, 15) is 0 Å². The number of hydrazine groups is 1. The van der Waals surface area contributed by atoms with Crippen molar-refractivity contribution in [2.24, 2.45) is 5.84 Å². The maximum atomic E-state index is 5.44. The Morgan fingerprint density at radius 1 is 1.37 bits per heavy atom. The molecule has 4 N–H and O–H groups in total. The van der Waals surface area contributed by atoms with E-state index in [-0.39, 0.29) is 6.04 Å². The molecule has 0 saturated carbocycles. The van der Waals surface area contributed by atoms with Crippen molar-refractivity contribution in [3.63, 3.8) is 0 Å². The van der Waals surface area contributed by atoms with Gasteiger partial charge in [-0.25, -0.2) is 15.8 Å². The minimum absolute atomic E-state index is 0.209. The summed E-state index contributed by atoms with van der Waals surface area (Å²) < 4.78 is 0. The predicted octanol–water partition coefficient (Wildman–Crippen LogP) is 2.95. The normalized spacial score (nSPS) is 12.2.